The van der Waals surface area contributed by atoms with Crippen LogP contribution in [0.5, 0.6) is 11.5 Å². The van der Waals surface area contributed by atoms with Gasteiger partial charge in [-0.2, -0.15) is 0 Å². The third kappa shape index (κ3) is 5.38. The van der Waals surface area contributed by atoms with Crippen molar-refractivity contribution in [2.24, 2.45) is 0 Å². The number of aryl methyl sites for hydroxylation is 1. The molecule has 4 aromatic rings. The van der Waals surface area contributed by atoms with E-state index in [9.17, 15) is 9.18 Å². The summed E-state index contributed by atoms with van der Waals surface area (Å²) in [5.41, 5.74) is 2.16. The summed E-state index contributed by atoms with van der Waals surface area (Å²) in [7, 11) is 3.16. The van der Waals surface area contributed by atoms with Crippen LogP contribution in [-0.2, 0) is 22.6 Å². The summed E-state index contributed by atoms with van der Waals surface area (Å²) >= 11 is 1.43. The first-order valence-electron chi connectivity index (χ1n) is 10.1. The summed E-state index contributed by atoms with van der Waals surface area (Å²) in [5.74, 6) is 1.44. The lowest BCUT2D eigenvalue weighted by atomic mass is 10.2. The van der Waals surface area contributed by atoms with E-state index in [1.165, 1.54) is 23.5 Å². The summed E-state index contributed by atoms with van der Waals surface area (Å²) in [6, 6.07) is 11.5. The predicted octanol–water partition coefficient (Wildman–Crippen LogP) is 5.30. The Morgan fingerprint density at radius 1 is 1.12 bits per heavy atom. The molecule has 0 fully saturated rings. The molecule has 2 aromatic carbocycles. The number of thiazole rings is 1. The number of esters is 1. The Hall–Kier alpha value is -3.72. The molecule has 0 saturated carbocycles. The summed E-state index contributed by atoms with van der Waals surface area (Å²) in [6.45, 7) is 0.0635. The maximum absolute atomic E-state index is 13.1. The lowest BCUT2D eigenvalue weighted by Gasteiger charge is -2.10. The SMILES string of the molecule is COc1cccc(-c2nc(COC(=O)CCc3ncc(-c4ccc(F)cc4)o3)cs2)c1OC. The molecule has 0 amide bonds. The fourth-order valence-electron chi connectivity index (χ4n) is 3.16. The van der Waals surface area contributed by atoms with E-state index in [1.807, 2.05) is 23.6 Å². The molecule has 0 radical (unpaired) electrons. The van der Waals surface area contributed by atoms with Crippen LogP contribution in [0.2, 0.25) is 0 Å². The third-order valence-corrected chi connectivity index (χ3v) is 5.72. The van der Waals surface area contributed by atoms with E-state index in [2.05, 4.69) is 9.97 Å². The number of nitrogens with zero attached hydrogens (tertiary/aromatic N) is 2. The first kappa shape index (κ1) is 22.5. The van der Waals surface area contributed by atoms with Crippen molar-refractivity contribution in [1.29, 1.82) is 0 Å². The highest BCUT2D eigenvalue weighted by Gasteiger charge is 2.16. The maximum Gasteiger partial charge on any atom is 0.306 e. The van der Waals surface area contributed by atoms with Crippen molar-refractivity contribution in [1.82, 2.24) is 9.97 Å². The quantitative estimate of drug-likeness (QED) is 0.308. The number of methoxy groups -OCH3 is 2. The van der Waals surface area contributed by atoms with E-state index in [1.54, 1.807) is 32.5 Å². The average molecular weight is 469 g/mol. The Labute approximate surface area is 193 Å². The Morgan fingerprint density at radius 3 is 2.70 bits per heavy atom. The molecule has 170 valence electrons. The van der Waals surface area contributed by atoms with Gasteiger partial charge < -0.3 is 18.6 Å². The van der Waals surface area contributed by atoms with E-state index in [-0.39, 0.29) is 24.8 Å². The van der Waals surface area contributed by atoms with Crippen LogP contribution < -0.4 is 9.47 Å². The Kier molecular flexibility index (Phi) is 6.99. The zero-order valence-corrected chi connectivity index (χ0v) is 18.9. The number of para-hydroxylation sites is 1. The van der Waals surface area contributed by atoms with Crippen molar-refractivity contribution >= 4 is 17.3 Å². The zero-order chi connectivity index (χ0) is 23.2. The Balaban J connectivity index is 1.31. The van der Waals surface area contributed by atoms with E-state index in [0.29, 0.717) is 40.8 Å². The number of hydrogen-bond acceptors (Lipinski definition) is 8. The lowest BCUT2D eigenvalue weighted by Crippen LogP contribution is -2.06. The van der Waals surface area contributed by atoms with Gasteiger partial charge in [-0.3, -0.25) is 4.79 Å². The van der Waals surface area contributed by atoms with Gasteiger partial charge >= 0.3 is 5.97 Å². The van der Waals surface area contributed by atoms with Gasteiger partial charge in [0.05, 0.1) is 38.1 Å². The molecule has 2 aromatic heterocycles. The topological polar surface area (TPSA) is 83.7 Å². The number of carbonyl (C=O) groups excluding carboxylic acids is 1. The van der Waals surface area contributed by atoms with E-state index < -0.39 is 0 Å². The smallest absolute Gasteiger partial charge is 0.306 e. The molecule has 0 N–H and O–H groups in total. The van der Waals surface area contributed by atoms with Crippen molar-refractivity contribution in [2.45, 2.75) is 19.4 Å². The molecule has 33 heavy (non-hydrogen) atoms. The monoisotopic (exact) mass is 468 g/mol. The minimum atomic E-state index is -0.384. The summed E-state index contributed by atoms with van der Waals surface area (Å²) in [4.78, 5) is 20.9. The molecule has 0 unspecified atom stereocenters. The van der Waals surface area contributed by atoms with Gasteiger partial charge in [0.25, 0.3) is 0 Å². The second kappa shape index (κ2) is 10.3. The fourth-order valence-corrected chi connectivity index (χ4v) is 3.99. The number of oxazole rings is 1. The van der Waals surface area contributed by atoms with Crippen LogP contribution in [0, 0.1) is 5.82 Å². The lowest BCUT2D eigenvalue weighted by molar-refractivity contribution is -0.145. The number of hydrogen-bond donors (Lipinski definition) is 0. The highest BCUT2D eigenvalue weighted by atomic mass is 32.1. The highest BCUT2D eigenvalue weighted by Crippen LogP contribution is 2.39. The van der Waals surface area contributed by atoms with Gasteiger partial charge in [0, 0.05) is 17.4 Å². The number of aromatic nitrogens is 2. The molecule has 2 heterocycles. The van der Waals surface area contributed by atoms with Crippen LogP contribution >= 0.6 is 11.3 Å². The number of ether oxygens (including phenoxy) is 3. The van der Waals surface area contributed by atoms with Gasteiger partial charge in [0.1, 0.15) is 17.4 Å². The minimum Gasteiger partial charge on any atom is -0.493 e. The van der Waals surface area contributed by atoms with Crippen molar-refractivity contribution < 1.29 is 27.8 Å². The van der Waals surface area contributed by atoms with Crippen molar-refractivity contribution in [3.05, 3.63) is 71.4 Å². The molecule has 0 aliphatic heterocycles. The van der Waals surface area contributed by atoms with Crippen LogP contribution in [0.15, 0.2) is 58.5 Å². The van der Waals surface area contributed by atoms with E-state index >= 15 is 0 Å². The highest BCUT2D eigenvalue weighted by molar-refractivity contribution is 7.13. The third-order valence-electron chi connectivity index (χ3n) is 4.79. The zero-order valence-electron chi connectivity index (χ0n) is 18.0. The fraction of sp³-hybridized carbons (Fsp3) is 0.208. The molecule has 0 atom stereocenters. The van der Waals surface area contributed by atoms with Gasteiger partial charge in [-0.05, 0) is 36.4 Å². The molecular weight excluding hydrogens is 447 g/mol. The van der Waals surface area contributed by atoms with Crippen LogP contribution in [-0.4, -0.2) is 30.2 Å². The van der Waals surface area contributed by atoms with Crippen molar-refractivity contribution in [2.75, 3.05) is 14.2 Å². The Morgan fingerprint density at radius 2 is 1.94 bits per heavy atom. The minimum absolute atomic E-state index is 0.0635. The molecule has 0 aliphatic rings. The Bertz CT molecular complexity index is 1240. The van der Waals surface area contributed by atoms with E-state index in [4.69, 9.17) is 18.6 Å². The normalized spacial score (nSPS) is 10.8. The molecule has 9 heteroatoms. The molecule has 0 spiro atoms. The van der Waals surface area contributed by atoms with Gasteiger partial charge in [-0.25, -0.2) is 14.4 Å². The number of rotatable bonds is 9. The maximum atomic E-state index is 13.1. The van der Waals surface area contributed by atoms with Gasteiger partial charge in [0.2, 0.25) is 0 Å². The molecule has 0 saturated heterocycles. The van der Waals surface area contributed by atoms with Gasteiger partial charge in [-0.15, -0.1) is 11.3 Å². The molecule has 0 bridgehead atoms. The second-order valence-corrected chi connectivity index (χ2v) is 7.83. The van der Waals surface area contributed by atoms with Crippen LogP contribution in [0.4, 0.5) is 4.39 Å². The summed E-state index contributed by atoms with van der Waals surface area (Å²) in [5, 5.41) is 2.58. The van der Waals surface area contributed by atoms with Gasteiger partial charge in [-0.1, -0.05) is 6.07 Å². The first-order valence-corrected chi connectivity index (χ1v) is 11.0. The number of benzene rings is 2. The van der Waals surface area contributed by atoms with Crippen molar-refractivity contribution in [3.8, 4) is 33.4 Å². The molecule has 7 nitrogen and oxygen atoms in total. The summed E-state index contributed by atoms with van der Waals surface area (Å²) in [6.07, 6.45) is 1.96. The predicted molar refractivity (Wildman–Crippen MR) is 121 cm³/mol. The first-order chi connectivity index (χ1) is 16.1. The van der Waals surface area contributed by atoms with Crippen LogP contribution in [0.3, 0.4) is 0 Å². The van der Waals surface area contributed by atoms with Crippen LogP contribution in [0.1, 0.15) is 18.0 Å². The number of carbonyl (C=O) groups is 1. The molecular formula is C24H21FN2O5S. The van der Waals surface area contributed by atoms with Gasteiger partial charge in [0.15, 0.2) is 23.1 Å². The van der Waals surface area contributed by atoms with Crippen LogP contribution in [0.25, 0.3) is 21.9 Å². The largest absolute Gasteiger partial charge is 0.493 e. The molecule has 0 aliphatic carbocycles. The molecule has 4 rings (SSSR count). The van der Waals surface area contributed by atoms with E-state index in [0.717, 1.165) is 10.6 Å². The second-order valence-electron chi connectivity index (χ2n) is 6.97. The average Bonchev–Trinajstić information content (AvgIpc) is 3.51. The standard InChI is InChI=1S/C24H21FN2O5S/c1-29-19-5-3-4-18(23(19)30-2)24-27-17(14-33-24)13-31-22(28)11-10-21-26-12-20(32-21)15-6-8-16(25)9-7-15/h3-9,12,14H,10-11,13H2,1-2H3. The van der Waals surface area contributed by atoms with Crippen molar-refractivity contribution in [3.63, 3.8) is 0 Å². The summed E-state index contributed by atoms with van der Waals surface area (Å²) < 4.78 is 34.8. The number of halogens is 1.